The molecule has 0 aliphatic heterocycles. The van der Waals surface area contributed by atoms with E-state index < -0.39 is 0 Å². The highest BCUT2D eigenvalue weighted by molar-refractivity contribution is 6.32. The van der Waals surface area contributed by atoms with Crippen LogP contribution in [0.4, 0.5) is 0 Å². The highest BCUT2D eigenvalue weighted by Gasteiger charge is 2.12. The van der Waals surface area contributed by atoms with Gasteiger partial charge in [-0.2, -0.15) is 0 Å². The molecule has 0 radical (unpaired) electrons. The molecule has 0 aliphatic rings. The first-order valence-electron chi connectivity index (χ1n) is 8.57. The number of hydrogen-bond donors (Lipinski definition) is 3. The summed E-state index contributed by atoms with van der Waals surface area (Å²) in [6, 6.07) is 7.60. The predicted octanol–water partition coefficient (Wildman–Crippen LogP) is 3.65. The van der Waals surface area contributed by atoms with Crippen molar-refractivity contribution >= 4 is 48.8 Å². The van der Waals surface area contributed by atoms with Crippen LogP contribution in [0, 0.1) is 0 Å². The number of halogens is 4. The number of benzene rings is 1. The Balaban J connectivity index is 0. The molecule has 29 heavy (non-hydrogen) atoms. The van der Waals surface area contributed by atoms with Crippen LogP contribution in [-0.2, 0) is 13.2 Å². The number of methoxy groups -OCH3 is 1. The highest BCUT2D eigenvalue weighted by atomic mass is 35.5. The monoisotopic (exact) mass is 487 g/mol. The lowest BCUT2D eigenvalue weighted by Gasteiger charge is -2.15. The Morgan fingerprint density at radius 1 is 1.14 bits per heavy atom. The lowest BCUT2D eigenvalue weighted by Crippen LogP contribution is -2.31. The number of hydrogen-bond acceptors (Lipinski definition) is 6. The third-order valence-electron chi connectivity index (χ3n) is 3.64. The molecular weight excluding hydrogens is 460 g/mol. The van der Waals surface area contributed by atoms with E-state index in [1.165, 1.54) is 0 Å². The van der Waals surface area contributed by atoms with Crippen molar-refractivity contribution in [3.63, 3.8) is 0 Å². The molecule has 0 aliphatic carbocycles. The topological polar surface area (TPSA) is 75.6 Å². The fourth-order valence-electron chi connectivity index (χ4n) is 2.37. The van der Waals surface area contributed by atoms with Crippen LogP contribution in [0.1, 0.15) is 18.1 Å². The summed E-state index contributed by atoms with van der Waals surface area (Å²) in [6.45, 7) is 4.94. The molecule has 6 nitrogen and oxygen atoms in total. The van der Waals surface area contributed by atoms with E-state index in [1.54, 1.807) is 26.4 Å². The zero-order valence-corrected chi connectivity index (χ0v) is 19.6. The van der Waals surface area contributed by atoms with Gasteiger partial charge in [-0.1, -0.05) is 17.7 Å². The van der Waals surface area contributed by atoms with Gasteiger partial charge in [0.1, 0.15) is 6.61 Å². The first kappa shape index (κ1) is 30.2. The summed E-state index contributed by atoms with van der Waals surface area (Å²) >= 11 is 6.39. The molecule has 2 rings (SSSR count). The summed E-state index contributed by atoms with van der Waals surface area (Å²) in [5, 5.41) is 16.2. The van der Waals surface area contributed by atoms with E-state index in [0.29, 0.717) is 36.2 Å². The molecule has 0 saturated carbocycles. The summed E-state index contributed by atoms with van der Waals surface area (Å²) < 4.78 is 11.3. The van der Waals surface area contributed by atoms with Gasteiger partial charge in [0, 0.05) is 44.1 Å². The van der Waals surface area contributed by atoms with Crippen LogP contribution in [0.3, 0.4) is 0 Å². The van der Waals surface area contributed by atoms with Crippen LogP contribution in [0.5, 0.6) is 11.5 Å². The van der Waals surface area contributed by atoms with Crippen molar-refractivity contribution in [3.8, 4) is 11.5 Å². The Bertz CT molecular complexity index is 679. The smallest absolute Gasteiger partial charge is 0.180 e. The average molecular weight is 489 g/mol. The second-order valence-corrected chi connectivity index (χ2v) is 6.40. The molecule has 2 aromatic rings. The van der Waals surface area contributed by atoms with Crippen molar-refractivity contribution in [2.45, 2.75) is 26.2 Å². The number of pyridine rings is 1. The van der Waals surface area contributed by atoms with E-state index in [2.05, 4.69) is 15.6 Å². The van der Waals surface area contributed by atoms with Crippen molar-refractivity contribution < 1.29 is 14.6 Å². The molecule has 0 amide bonds. The van der Waals surface area contributed by atoms with Crippen LogP contribution >= 0.6 is 48.8 Å². The molecular formula is C19H29Cl4N3O3. The molecule has 1 heterocycles. The lowest BCUT2D eigenvalue weighted by molar-refractivity contribution is 0.191. The second kappa shape index (κ2) is 16.8. The van der Waals surface area contributed by atoms with Crippen molar-refractivity contribution in [1.82, 2.24) is 15.6 Å². The minimum Gasteiger partial charge on any atom is -0.493 e. The third kappa shape index (κ3) is 11.1. The van der Waals surface area contributed by atoms with Crippen LogP contribution in [0.15, 0.2) is 36.7 Å². The fourth-order valence-corrected chi connectivity index (χ4v) is 2.66. The van der Waals surface area contributed by atoms with E-state index in [0.717, 1.165) is 24.2 Å². The average Bonchev–Trinajstić information content (AvgIpc) is 2.63. The van der Waals surface area contributed by atoms with Gasteiger partial charge in [-0.15, -0.1) is 37.2 Å². The Morgan fingerprint density at radius 3 is 2.48 bits per heavy atom. The fraction of sp³-hybridized carbons (Fsp3) is 0.421. The largest absolute Gasteiger partial charge is 0.493 e. The van der Waals surface area contributed by atoms with Crippen molar-refractivity contribution in [1.29, 1.82) is 0 Å². The van der Waals surface area contributed by atoms with Gasteiger partial charge in [-0.25, -0.2) is 0 Å². The van der Waals surface area contributed by atoms with Gasteiger partial charge < -0.3 is 25.2 Å². The SMILES string of the molecule is COc1cc(CNCCNCC(C)O)cc(Cl)c1OCc1cccnc1.Cl.Cl.Cl. The maximum atomic E-state index is 9.19. The first-order chi connectivity index (χ1) is 12.6. The van der Waals surface area contributed by atoms with Crippen LogP contribution in [0.25, 0.3) is 0 Å². The Kier molecular flexibility index (Phi) is 17.5. The number of aliphatic hydroxyl groups excluding tert-OH is 1. The summed E-state index contributed by atoms with van der Waals surface area (Å²) in [5.74, 6) is 1.13. The molecule has 166 valence electrons. The molecule has 0 spiro atoms. The number of rotatable bonds is 11. The van der Waals surface area contributed by atoms with Gasteiger partial charge >= 0.3 is 0 Å². The van der Waals surface area contributed by atoms with E-state index in [4.69, 9.17) is 21.1 Å². The molecule has 3 N–H and O–H groups in total. The van der Waals surface area contributed by atoms with Crippen LogP contribution in [-0.4, -0.2) is 42.9 Å². The van der Waals surface area contributed by atoms with Gasteiger partial charge in [-0.3, -0.25) is 4.98 Å². The Labute approximate surface area is 196 Å². The van der Waals surface area contributed by atoms with E-state index in [-0.39, 0.29) is 43.3 Å². The minimum atomic E-state index is -0.336. The molecule has 1 aromatic heterocycles. The third-order valence-corrected chi connectivity index (χ3v) is 3.92. The maximum Gasteiger partial charge on any atom is 0.180 e. The number of nitrogens with one attached hydrogen (secondary N) is 2. The number of ether oxygens (including phenoxy) is 2. The lowest BCUT2D eigenvalue weighted by atomic mass is 10.2. The normalized spacial score (nSPS) is 10.8. The number of nitrogens with zero attached hydrogens (tertiary/aromatic N) is 1. The van der Waals surface area contributed by atoms with E-state index in [9.17, 15) is 5.11 Å². The quantitative estimate of drug-likeness (QED) is 0.419. The zero-order chi connectivity index (χ0) is 18.8. The van der Waals surface area contributed by atoms with E-state index >= 15 is 0 Å². The maximum absolute atomic E-state index is 9.19. The summed E-state index contributed by atoms with van der Waals surface area (Å²) in [6.07, 6.45) is 3.14. The van der Waals surface area contributed by atoms with Crippen molar-refractivity contribution in [2.24, 2.45) is 0 Å². The standard InChI is InChI=1S/C19H26ClN3O3.3ClH/c1-14(24)10-22-6-7-23-12-16-8-17(20)19(18(9-16)25-2)26-13-15-4-3-5-21-11-15;;;/h3-5,8-9,11,14,22-24H,6-7,10,12-13H2,1-2H3;3*1H. The molecule has 1 unspecified atom stereocenters. The van der Waals surface area contributed by atoms with Gasteiger partial charge in [0.25, 0.3) is 0 Å². The van der Waals surface area contributed by atoms with Gasteiger partial charge in [0.2, 0.25) is 0 Å². The minimum absolute atomic E-state index is 0. The predicted molar refractivity (Wildman–Crippen MR) is 125 cm³/mol. The summed E-state index contributed by atoms with van der Waals surface area (Å²) in [5.41, 5.74) is 1.97. The molecule has 0 bridgehead atoms. The summed E-state index contributed by atoms with van der Waals surface area (Å²) in [7, 11) is 1.60. The Hall–Kier alpha value is -0.990. The van der Waals surface area contributed by atoms with Gasteiger partial charge in [0.15, 0.2) is 11.5 Å². The van der Waals surface area contributed by atoms with Crippen molar-refractivity contribution in [2.75, 3.05) is 26.7 Å². The van der Waals surface area contributed by atoms with Gasteiger partial charge in [-0.05, 0) is 30.7 Å². The van der Waals surface area contributed by atoms with Crippen LogP contribution in [0.2, 0.25) is 5.02 Å². The Morgan fingerprint density at radius 2 is 1.86 bits per heavy atom. The van der Waals surface area contributed by atoms with Crippen LogP contribution < -0.4 is 20.1 Å². The summed E-state index contributed by atoms with van der Waals surface area (Å²) in [4.78, 5) is 4.07. The first-order valence-corrected chi connectivity index (χ1v) is 8.95. The second-order valence-electron chi connectivity index (χ2n) is 5.99. The molecule has 1 aromatic carbocycles. The van der Waals surface area contributed by atoms with Crippen molar-refractivity contribution in [3.05, 3.63) is 52.8 Å². The molecule has 10 heteroatoms. The molecule has 0 saturated heterocycles. The van der Waals surface area contributed by atoms with Gasteiger partial charge in [0.05, 0.1) is 18.2 Å². The zero-order valence-electron chi connectivity index (χ0n) is 16.4. The number of aliphatic hydroxyl groups is 1. The van der Waals surface area contributed by atoms with E-state index in [1.807, 2.05) is 24.3 Å². The molecule has 1 atom stereocenters. The highest BCUT2D eigenvalue weighted by Crippen LogP contribution is 2.36. The number of aromatic nitrogens is 1. The molecule has 0 fully saturated rings.